The Kier molecular flexibility index (Phi) is 4.91. The second kappa shape index (κ2) is 5.77. The zero-order valence-electron chi connectivity index (χ0n) is 9.43. The number of nitrogens with one attached hydrogen (secondary N) is 1. The van der Waals surface area contributed by atoms with Gasteiger partial charge in [0.05, 0.1) is 6.61 Å². The lowest BCUT2D eigenvalue weighted by atomic mass is 10.2. The molecule has 0 amide bonds. The third kappa shape index (κ3) is 3.28. The Hall–Kier alpha value is -0.430. The van der Waals surface area contributed by atoms with Crippen LogP contribution in [0.25, 0.3) is 0 Å². The molecule has 0 aliphatic carbocycles. The zero-order chi connectivity index (χ0) is 12.2. The van der Waals surface area contributed by atoms with Crippen LogP contribution < -0.4 is 4.72 Å². The Labute approximate surface area is 100 Å². The van der Waals surface area contributed by atoms with Gasteiger partial charge in [-0.2, -0.15) is 0 Å². The van der Waals surface area contributed by atoms with E-state index in [1.54, 1.807) is 6.07 Å². The highest BCUT2D eigenvalue weighted by molar-refractivity contribution is 7.91. The van der Waals surface area contributed by atoms with Gasteiger partial charge in [0.25, 0.3) is 0 Å². The highest BCUT2D eigenvalue weighted by Gasteiger charge is 2.19. The van der Waals surface area contributed by atoms with Crippen molar-refractivity contribution in [2.75, 3.05) is 0 Å². The van der Waals surface area contributed by atoms with Crippen LogP contribution >= 0.6 is 11.3 Å². The van der Waals surface area contributed by atoms with Crippen LogP contribution in [-0.2, 0) is 16.6 Å². The normalized spacial score (nSPS) is 12.2. The van der Waals surface area contributed by atoms with Crippen LogP contribution in [-0.4, -0.2) is 19.6 Å². The maximum absolute atomic E-state index is 11.9. The molecule has 0 radical (unpaired) electrons. The van der Waals surface area contributed by atoms with E-state index in [4.69, 9.17) is 5.11 Å². The second-order valence-corrected chi connectivity index (χ2v) is 6.62. The van der Waals surface area contributed by atoms with Gasteiger partial charge in [0.2, 0.25) is 10.0 Å². The van der Waals surface area contributed by atoms with Crippen LogP contribution in [0.3, 0.4) is 0 Å². The number of sulfonamides is 1. The zero-order valence-corrected chi connectivity index (χ0v) is 11.1. The molecule has 0 fully saturated rings. The van der Waals surface area contributed by atoms with Crippen molar-refractivity contribution in [2.45, 2.75) is 43.5 Å². The minimum Gasteiger partial charge on any atom is -0.391 e. The van der Waals surface area contributed by atoms with Gasteiger partial charge in [-0.15, -0.1) is 11.3 Å². The molecule has 6 heteroatoms. The van der Waals surface area contributed by atoms with Crippen LogP contribution in [0.5, 0.6) is 0 Å². The standard InChI is InChI=1S/C10H17NO3S2/c1-3-8(4-2)11-16(13,14)10-6-5-9(7-12)15-10/h5-6,8,11-12H,3-4,7H2,1-2H3. The molecule has 0 saturated carbocycles. The van der Waals surface area contributed by atoms with Gasteiger partial charge >= 0.3 is 0 Å². The van der Waals surface area contributed by atoms with Gasteiger partial charge < -0.3 is 5.11 Å². The predicted octanol–water partition coefficient (Wildman–Crippen LogP) is 1.71. The molecule has 0 aromatic carbocycles. The number of aliphatic hydroxyl groups is 1. The van der Waals surface area contributed by atoms with Gasteiger partial charge in [-0.25, -0.2) is 13.1 Å². The Balaban J connectivity index is 2.85. The average molecular weight is 263 g/mol. The van der Waals surface area contributed by atoms with Gasteiger partial charge in [0.1, 0.15) is 4.21 Å². The van der Waals surface area contributed by atoms with Crippen LogP contribution in [0.4, 0.5) is 0 Å². The maximum Gasteiger partial charge on any atom is 0.250 e. The smallest absolute Gasteiger partial charge is 0.250 e. The largest absolute Gasteiger partial charge is 0.391 e. The molecule has 1 aromatic rings. The summed E-state index contributed by atoms with van der Waals surface area (Å²) >= 11 is 1.10. The Morgan fingerprint density at radius 2 is 2.00 bits per heavy atom. The molecule has 0 bridgehead atoms. The summed E-state index contributed by atoms with van der Waals surface area (Å²) in [4.78, 5) is 0.657. The monoisotopic (exact) mass is 263 g/mol. The van der Waals surface area contributed by atoms with Crippen molar-refractivity contribution >= 4 is 21.4 Å². The molecular formula is C10H17NO3S2. The quantitative estimate of drug-likeness (QED) is 0.821. The van der Waals surface area contributed by atoms with E-state index in [0.29, 0.717) is 4.88 Å². The average Bonchev–Trinajstić information content (AvgIpc) is 2.75. The summed E-state index contributed by atoms with van der Waals surface area (Å²) in [5.74, 6) is 0. The summed E-state index contributed by atoms with van der Waals surface area (Å²) in [6.45, 7) is 3.78. The van der Waals surface area contributed by atoms with Crippen molar-refractivity contribution in [3.05, 3.63) is 17.0 Å². The molecule has 0 aliphatic rings. The summed E-state index contributed by atoms with van der Waals surface area (Å²) < 4.78 is 26.7. The summed E-state index contributed by atoms with van der Waals surface area (Å²) in [6, 6.07) is 3.14. The van der Waals surface area contributed by atoms with Crippen LogP contribution in [0, 0.1) is 0 Å². The van der Waals surface area contributed by atoms with E-state index < -0.39 is 10.0 Å². The summed E-state index contributed by atoms with van der Waals surface area (Å²) in [5.41, 5.74) is 0. The predicted molar refractivity (Wildman–Crippen MR) is 64.9 cm³/mol. The van der Waals surface area contributed by atoms with Gasteiger partial charge in [-0.1, -0.05) is 13.8 Å². The summed E-state index contributed by atoms with van der Waals surface area (Å²) in [7, 11) is -3.42. The first kappa shape index (κ1) is 13.6. The van der Waals surface area contributed by atoms with E-state index >= 15 is 0 Å². The van der Waals surface area contributed by atoms with Gasteiger partial charge in [-0.05, 0) is 25.0 Å². The number of thiophene rings is 1. The number of hydrogen-bond acceptors (Lipinski definition) is 4. The lowest BCUT2D eigenvalue weighted by Gasteiger charge is -2.13. The first-order valence-corrected chi connectivity index (χ1v) is 7.55. The number of rotatable bonds is 6. The summed E-state index contributed by atoms with van der Waals surface area (Å²) in [5, 5.41) is 8.89. The first-order valence-electron chi connectivity index (χ1n) is 5.25. The number of aliphatic hydroxyl groups excluding tert-OH is 1. The molecule has 16 heavy (non-hydrogen) atoms. The van der Waals surface area contributed by atoms with Crippen molar-refractivity contribution < 1.29 is 13.5 Å². The van der Waals surface area contributed by atoms with E-state index in [1.807, 2.05) is 13.8 Å². The van der Waals surface area contributed by atoms with Crippen LogP contribution in [0.2, 0.25) is 0 Å². The lowest BCUT2D eigenvalue weighted by Crippen LogP contribution is -2.33. The molecule has 0 spiro atoms. The Morgan fingerprint density at radius 1 is 1.38 bits per heavy atom. The SMILES string of the molecule is CCC(CC)NS(=O)(=O)c1ccc(CO)s1. The fourth-order valence-electron chi connectivity index (χ4n) is 1.32. The topological polar surface area (TPSA) is 66.4 Å². The molecule has 4 nitrogen and oxygen atoms in total. The maximum atomic E-state index is 11.9. The minimum absolute atomic E-state index is 0.0234. The van der Waals surface area contributed by atoms with E-state index in [0.717, 1.165) is 24.2 Å². The van der Waals surface area contributed by atoms with Crippen molar-refractivity contribution in [2.24, 2.45) is 0 Å². The van der Waals surface area contributed by atoms with Gasteiger partial charge in [0, 0.05) is 10.9 Å². The Morgan fingerprint density at radius 3 is 2.44 bits per heavy atom. The van der Waals surface area contributed by atoms with Crippen LogP contribution in [0.1, 0.15) is 31.6 Å². The molecule has 1 rings (SSSR count). The third-order valence-electron chi connectivity index (χ3n) is 2.37. The molecule has 0 unspecified atom stereocenters. The molecule has 0 saturated heterocycles. The van der Waals surface area contributed by atoms with E-state index in [-0.39, 0.29) is 16.9 Å². The summed E-state index contributed by atoms with van der Waals surface area (Å²) in [6.07, 6.45) is 1.54. The fraction of sp³-hybridized carbons (Fsp3) is 0.600. The molecule has 2 N–H and O–H groups in total. The van der Waals surface area contributed by atoms with Gasteiger partial charge in [-0.3, -0.25) is 0 Å². The molecule has 92 valence electrons. The highest BCUT2D eigenvalue weighted by Crippen LogP contribution is 2.21. The second-order valence-electron chi connectivity index (χ2n) is 3.51. The molecule has 1 aromatic heterocycles. The molecule has 0 atom stereocenters. The van der Waals surface area contributed by atoms with E-state index in [2.05, 4.69) is 4.72 Å². The highest BCUT2D eigenvalue weighted by atomic mass is 32.2. The van der Waals surface area contributed by atoms with Crippen molar-refractivity contribution in [1.29, 1.82) is 0 Å². The van der Waals surface area contributed by atoms with Crippen molar-refractivity contribution in [3.8, 4) is 0 Å². The first-order chi connectivity index (χ1) is 7.53. The Bertz CT molecular complexity index is 421. The molecule has 0 aliphatic heterocycles. The third-order valence-corrected chi connectivity index (χ3v) is 5.45. The van der Waals surface area contributed by atoms with Crippen LogP contribution in [0.15, 0.2) is 16.3 Å². The van der Waals surface area contributed by atoms with Crippen molar-refractivity contribution in [1.82, 2.24) is 4.72 Å². The number of hydrogen-bond donors (Lipinski definition) is 2. The van der Waals surface area contributed by atoms with E-state index in [1.165, 1.54) is 6.07 Å². The van der Waals surface area contributed by atoms with E-state index in [9.17, 15) is 8.42 Å². The minimum atomic E-state index is -3.42. The van der Waals surface area contributed by atoms with Gasteiger partial charge in [0.15, 0.2) is 0 Å². The van der Waals surface area contributed by atoms with Crippen molar-refractivity contribution in [3.63, 3.8) is 0 Å². The lowest BCUT2D eigenvalue weighted by molar-refractivity contribution is 0.285. The molecular weight excluding hydrogens is 246 g/mol. The molecule has 1 heterocycles. The fourth-order valence-corrected chi connectivity index (χ4v) is 3.96.